The van der Waals surface area contributed by atoms with Crippen LogP contribution in [0, 0.1) is 5.92 Å². The van der Waals surface area contributed by atoms with E-state index in [1.54, 1.807) is 0 Å². The van der Waals surface area contributed by atoms with E-state index in [1.807, 2.05) is 0 Å². The van der Waals surface area contributed by atoms with Crippen molar-refractivity contribution in [2.45, 2.75) is 68.1 Å². The molecule has 0 fully saturated rings. The van der Waals surface area contributed by atoms with Crippen LogP contribution in [-0.2, 0) is 17.3 Å². The Kier molecular flexibility index (Phi) is 11.9. The fraction of sp³-hybridized carbons (Fsp3) is 0.158. The topological polar surface area (TPSA) is 3.24 Å². The van der Waals surface area contributed by atoms with Crippen molar-refractivity contribution >= 4 is 22.6 Å². The summed E-state index contributed by atoms with van der Waals surface area (Å²) in [4.78, 5) is 2.50. The highest BCUT2D eigenvalue weighted by Crippen LogP contribution is 2.66. The van der Waals surface area contributed by atoms with Crippen LogP contribution in [0.4, 0.5) is 17.1 Å². The molecule has 5 unspecified atom stereocenters. The van der Waals surface area contributed by atoms with Gasteiger partial charge in [-0.1, -0.05) is 244 Å². The maximum Gasteiger partial charge on any atom is 0.0538 e. The van der Waals surface area contributed by atoms with Crippen molar-refractivity contribution < 1.29 is 0 Å². The quantitative estimate of drug-likeness (QED) is 0.117. The summed E-state index contributed by atoms with van der Waals surface area (Å²) >= 11 is 0. The van der Waals surface area contributed by atoms with Crippen molar-refractivity contribution in [3.05, 3.63) is 323 Å². The Hall–Kier alpha value is -8.52. The van der Waals surface area contributed by atoms with Crippen LogP contribution >= 0.6 is 0 Å². The second-order valence-corrected chi connectivity index (χ2v) is 22.3. The van der Waals surface area contributed by atoms with Crippen LogP contribution < -0.4 is 4.90 Å². The molecule has 9 aromatic carbocycles. The van der Waals surface area contributed by atoms with Crippen molar-refractivity contribution in [1.29, 1.82) is 0 Å². The molecule has 1 heteroatoms. The molecule has 0 saturated heterocycles. The molecule has 0 heterocycles. The molecule has 372 valence electrons. The molecular weight excluding hydrogens is 927 g/mol. The number of benzene rings is 9. The molecule has 77 heavy (non-hydrogen) atoms. The summed E-state index contributed by atoms with van der Waals surface area (Å²) in [5, 5.41) is 0. The number of hydrogen-bond donors (Lipinski definition) is 0. The first-order chi connectivity index (χ1) is 38.0. The molecule has 9 aromatic rings. The first kappa shape index (κ1) is 47.0. The van der Waals surface area contributed by atoms with Crippen molar-refractivity contribution in [1.82, 2.24) is 0 Å². The van der Waals surface area contributed by atoms with Crippen LogP contribution in [-0.4, -0.2) is 0 Å². The van der Waals surface area contributed by atoms with E-state index in [0.717, 1.165) is 37.8 Å². The van der Waals surface area contributed by atoms with E-state index >= 15 is 0 Å². The van der Waals surface area contributed by atoms with E-state index in [9.17, 15) is 0 Å². The maximum atomic E-state index is 2.74. The Morgan fingerprint density at radius 1 is 0.519 bits per heavy atom. The highest BCUT2D eigenvalue weighted by Gasteiger charge is 2.58. The van der Waals surface area contributed by atoms with Gasteiger partial charge >= 0.3 is 0 Å². The minimum atomic E-state index is -0.441. The highest BCUT2D eigenvalue weighted by atomic mass is 15.1. The van der Waals surface area contributed by atoms with Crippen LogP contribution in [0.5, 0.6) is 0 Å². The van der Waals surface area contributed by atoms with Crippen LogP contribution in [0.3, 0.4) is 0 Å². The van der Waals surface area contributed by atoms with E-state index in [0.29, 0.717) is 5.92 Å². The van der Waals surface area contributed by atoms with Gasteiger partial charge in [0.1, 0.15) is 0 Å². The molecule has 1 nitrogen and oxygen atoms in total. The van der Waals surface area contributed by atoms with E-state index < -0.39 is 5.41 Å². The zero-order valence-corrected chi connectivity index (χ0v) is 43.9. The summed E-state index contributed by atoms with van der Waals surface area (Å²) < 4.78 is 0. The molecule has 0 saturated carbocycles. The zero-order chi connectivity index (χ0) is 51.3. The summed E-state index contributed by atoms with van der Waals surface area (Å²) in [6.45, 7) is 2.51. The predicted molar refractivity (Wildman–Crippen MR) is 323 cm³/mol. The lowest BCUT2D eigenvalue weighted by molar-refractivity contribution is 0.449. The number of hydrogen-bond acceptors (Lipinski definition) is 1. The van der Waals surface area contributed by atoms with Crippen molar-refractivity contribution in [3.63, 3.8) is 0 Å². The molecule has 0 amide bonds. The number of anilines is 3. The van der Waals surface area contributed by atoms with Gasteiger partial charge in [-0.3, -0.25) is 0 Å². The third kappa shape index (κ3) is 8.14. The third-order valence-corrected chi connectivity index (χ3v) is 18.1. The lowest BCUT2D eigenvalue weighted by atomic mass is 9.62. The van der Waals surface area contributed by atoms with Gasteiger partial charge in [0, 0.05) is 34.3 Å². The Labute approximate surface area is 455 Å². The van der Waals surface area contributed by atoms with Gasteiger partial charge in [0.05, 0.1) is 5.41 Å². The fourth-order valence-electron chi connectivity index (χ4n) is 14.1. The van der Waals surface area contributed by atoms with Gasteiger partial charge in [-0.2, -0.15) is 0 Å². The SMILES string of the molecule is CC(Cc1ccc(-c2ccccc2)cc1)(C1=CC2C(C=C1)c1ccccc1C21c2ccccc2-c2ccc(N(c3ccc(-c4ccccc4)cc3)c3ccc(C4CC=CCC4)cc3)cc21)c1ccc(C2=CC=CCC2)cc1. The van der Waals surface area contributed by atoms with Crippen molar-refractivity contribution in [2.24, 2.45) is 5.92 Å². The summed E-state index contributed by atoms with van der Waals surface area (Å²) in [7, 11) is 0. The van der Waals surface area contributed by atoms with Gasteiger partial charge in [-0.25, -0.2) is 0 Å². The molecule has 0 N–H and O–H groups in total. The zero-order valence-electron chi connectivity index (χ0n) is 43.9. The fourth-order valence-corrected chi connectivity index (χ4v) is 14.1. The molecule has 0 radical (unpaired) electrons. The van der Waals surface area contributed by atoms with Gasteiger partial charge in [0.15, 0.2) is 0 Å². The average molecular weight is 990 g/mol. The maximum absolute atomic E-state index is 2.74. The lowest BCUT2D eigenvalue weighted by Gasteiger charge is -2.40. The molecular formula is C76H63N. The molecule has 1 spiro atoms. The number of nitrogens with zero attached hydrogens (tertiary/aromatic N) is 1. The first-order valence-corrected chi connectivity index (χ1v) is 28.1. The summed E-state index contributed by atoms with van der Waals surface area (Å²) in [6, 6.07) is 85.3. The summed E-state index contributed by atoms with van der Waals surface area (Å²) in [5.41, 5.74) is 24.1. The molecule has 5 aliphatic carbocycles. The van der Waals surface area contributed by atoms with E-state index in [-0.39, 0.29) is 17.3 Å². The Morgan fingerprint density at radius 3 is 1.82 bits per heavy atom. The number of fused-ring (bicyclic) bond motifs is 10. The summed E-state index contributed by atoms with van der Waals surface area (Å²) in [5.74, 6) is 0.880. The smallest absolute Gasteiger partial charge is 0.0538 e. The van der Waals surface area contributed by atoms with Gasteiger partial charge in [0.2, 0.25) is 0 Å². The standard InChI is InChI=1S/C76H63N/c1-75(62-40-34-59(35-41-62)55-20-8-3-9-21-55,52-53-30-32-58(33-31-53)54-18-6-2-7-19-54)63-42-48-69-67-26-14-16-28-71(67)76(73(69)50-63)72-29-17-15-27-68(72)70-49-47-66(51-74(70)76)77(64-43-36-60(37-44-64)56-22-10-4-11-23-56)65-45-38-61(39-46-65)57-24-12-5-13-25-57/h2-8,10-12,14-20,22-23,26-51,57,69,73H,9,13,21,24-25,52H2,1H3. The van der Waals surface area contributed by atoms with E-state index in [4.69, 9.17) is 0 Å². The first-order valence-electron chi connectivity index (χ1n) is 28.1. The molecule has 0 aromatic heterocycles. The number of allylic oxidation sites excluding steroid dienone is 10. The highest BCUT2D eigenvalue weighted by molar-refractivity contribution is 5.89. The lowest BCUT2D eigenvalue weighted by Crippen LogP contribution is -2.36. The second-order valence-electron chi connectivity index (χ2n) is 22.3. The minimum Gasteiger partial charge on any atom is -0.310 e. The Morgan fingerprint density at radius 2 is 1.13 bits per heavy atom. The van der Waals surface area contributed by atoms with Gasteiger partial charge < -0.3 is 4.90 Å². The Bertz CT molecular complexity index is 3800. The monoisotopic (exact) mass is 989 g/mol. The van der Waals surface area contributed by atoms with Gasteiger partial charge in [-0.15, -0.1) is 0 Å². The van der Waals surface area contributed by atoms with Crippen molar-refractivity contribution in [3.8, 4) is 33.4 Å². The van der Waals surface area contributed by atoms with E-state index in [1.165, 1.54) is 107 Å². The molecule has 0 aliphatic heterocycles. The van der Waals surface area contributed by atoms with Crippen LogP contribution in [0.1, 0.15) is 95.4 Å². The third-order valence-electron chi connectivity index (χ3n) is 18.1. The molecule has 5 aliphatic rings. The normalized spacial score (nSPS) is 20.4. The van der Waals surface area contributed by atoms with Crippen LogP contribution in [0.15, 0.2) is 279 Å². The minimum absolute atomic E-state index is 0.123. The number of rotatable bonds is 11. The predicted octanol–water partition coefficient (Wildman–Crippen LogP) is 19.8. The van der Waals surface area contributed by atoms with E-state index in [2.05, 4.69) is 285 Å². The van der Waals surface area contributed by atoms with Crippen LogP contribution in [0.2, 0.25) is 0 Å². The summed E-state index contributed by atoms with van der Waals surface area (Å²) in [6.07, 6.45) is 25.8. The molecule has 0 bridgehead atoms. The average Bonchev–Trinajstić information content (AvgIpc) is 3.85. The van der Waals surface area contributed by atoms with Gasteiger partial charge in [0.25, 0.3) is 0 Å². The van der Waals surface area contributed by atoms with Crippen LogP contribution in [0.25, 0.3) is 39.0 Å². The second kappa shape index (κ2) is 19.6. The Balaban J connectivity index is 0.925. The largest absolute Gasteiger partial charge is 0.310 e. The molecule has 14 rings (SSSR count). The molecule has 5 atom stereocenters. The van der Waals surface area contributed by atoms with Gasteiger partial charge in [-0.05, 0) is 170 Å². The van der Waals surface area contributed by atoms with Crippen molar-refractivity contribution in [2.75, 3.05) is 4.90 Å².